The summed E-state index contributed by atoms with van der Waals surface area (Å²) < 4.78 is 0. The molecule has 0 aliphatic heterocycles. The molecule has 0 saturated heterocycles. The number of hydrogen-bond acceptors (Lipinski definition) is 2. The molecule has 58 valence electrons. The summed E-state index contributed by atoms with van der Waals surface area (Å²) in [6.07, 6.45) is 1.99. The molecular weight excluding hydrogens is 126 g/mol. The van der Waals surface area contributed by atoms with E-state index in [4.69, 9.17) is 4.84 Å². The van der Waals surface area contributed by atoms with Crippen LogP contribution in [-0.2, 0) is 4.84 Å². The monoisotopic (exact) mass is 141 g/mol. The van der Waals surface area contributed by atoms with Gasteiger partial charge in [0, 0.05) is 0 Å². The van der Waals surface area contributed by atoms with Crippen molar-refractivity contribution in [3.63, 3.8) is 0 Å². The summed E-state index contributed by atoms with van der Waals surface area (Å²) in [5.41, 5.74) is 2.20. The third-order valence-electron chi connectivity index (χ3n) is 0.813. The van der Waals surface area contributed by atoms with Gasteiger partial charge in [-0.3, -0.25) is 0 Å². The fraction of sp³-hybridized carbons (Fsp3) is 0.625. The minimum absolute atomic E-state index is 0.577. The van der Waals surface area contributed by atoms with E-state index in [1.807, 2.05) is 33.8 Å². The first kappa shape index (κ1) is 9.21. The lowest BCUT2D eigenvalue weighted by molar-refractivity contribution is 0.174. The molecule has 0 atom stereocenters. The molecule has 0 aromatic carbocycles. The number of rotatable bonds is 3. The second kappa shape index (κ2) is 5.03. The predicted octanol–water partition coefficient (Wildman–Crippen LogP) is 2.37. The maximum atomic E-state index is 4.92. The molecule has 2 nitrogen and oxygen atoms in total. The van der Waals surface area contributed by atoms with Crippen molar-refractivity contribution in [3.05, 3.63) is 11.6 Å². The lowest BCUT2D eigenvalue weighted by atomic mass is 10.3. The van der Waals surface area contributed by atoms with Gasteiger partial charge in [-0.25, -0.2) is 0 Å². The maximum absolute atomic E-state index is 4.92. The van der Waals surface area contributed by atoms with Crippen molar-refractivity contribution in [1.29, 1.82) is 0 Å². The van der Waals surface area contributed by atoms with Crippen LogP contribution in [0.25, 0.3) is 0 Å². The molecule has 0 aliphatic carbocycles. The molecule has 0 heterocycles. The zero-order valence-corrected chi connectivity index (χ0v) is 7.14. The molecule has 0 amide bonds. The third kappa shape index (κ3) is 7.21. The van der Waals surface area contributed by atoms with Gasteiger partial charge in [0.2, 0.25) is 0 Å². The topological polar surface area (TPSA) is 21.6 Å². The second-order valence-electron chi connectivity index (χ2n) is 2.62. The van der Waals surface area contributed by atoms with E-state index >= 15 is 0 Å². The third-order valence-corrected chi connectivity index (χ3v) is 0.813. The Morgan fingerprint density at radius 1 is 1.30 bits per heavy atom. The summed E-state index contributed by atoms with van der Waals surface area (Å²) in [6, 6.07) is 0. The quantitative estimate of drug-likeness (QED) is 0.256. The molecule has 2 heteroatoms. The van der Waals surface area contributed by atoms with E-state index in [9.17, 15) is 0 Å². The molecule has 0 fully saturated rings. The van der Waals surface area contributed by atoms with Gasteiger partial charge in [0.15, 0.2) is 0 Å². The van der Waals surface area contributed by atoms with E-state index in [2.05, 4.69) is 5.16 Å². The standard InChI is InChI=1S/C8H15NO/c1-7(2)5-6-10-9-8(3)4/h5H,6H2,1-4H3. The van der Waals surface area contributed by atoms with Crippen molar-refractivity contribution < 1.29 is 4.84 Å². The van der Waals surface area contributed by atoms with E-state index < -0.39 is 0 Å². The van der Waals surface area contributed by atoms with Crippen LogP contribution >= 0.6 is 0 Å². The van der Waals surface area contributed by atoms with Crippen LogP contribution < -0.4 is 0 Å². The van der Waals surface area contributed by atoms with E-state index in [1.165, 1.54) is 5.57 Å². The predicted molar refractivity (Wildman–Crippen MR) is 44.2 cm³/mol. The summed E-state index contributed by atoms with van der Waals surface area (Å²) in [4.78, 5) is 4.92. The molecule has 0 aromatic rings. The number of allylic oxidation sites excluding steroid dienone is 1. The Bertz CT molecular complexity index is 121. The normalized spacial score (nSPS) is 8.40. The van der Waals surface area contributed by atoms with Crippen LogP contribution in [0.4, 0.5) is 0 Å². The largest absolute Gasteiger partial charge is 0.392 e. The summed E-state index contributed by atoms with van der Waals surface area (Å²) in [5, 5.41) is 3.77. The maximum Gasteiger partial charge on any atom is 0.135 e. The first-order valence-corrected chi connectivity index (χ1v) is 3.39. The highest BCUT2D eigenvalue weighted by atomic mass is 16.6. The smallest absolute Gasteiger partial charge is 0.135 e. The first-order chi connectivity index (χ1) is 4.63. The number of hydrogen-bond donors (Lipinski definition) is 0. The van der Waals surface area contributed by atoms with Crippen LogP contribution in [0.5, 0.6) is 0 Å². The van der Waals surface area contributed by atoms with Crippen LogP contribution in [0.2, 0.25) is 0 Å². The molecule has 0 saturated carbocycles. The second-order valence-corrected chi connectivity index (χ2v) is 2.62. The van der Waals surface area contributed by atoms with Gasteiger partial charge in [-0.1, -0.05) is 10.7 Å². The van der Waals surface area contributed by atoms with E-state index in [0.717, 1.165) is 5.71 Å². The van der Waals surface area contributed by atoms with Crippen LogP contribution in [0.3, 0.4) is 0 Å². The summed E-state index contributed by atoms with van der Waals surface area (Å²) in [7, 11) is 0. The van der Waals surface area contributed by atoms with Gasteiger partial charge in [-0.2, -0.15) is 0 Å². The average Bonchev–Trinajstić information content (AvgIpc) is 1.79. The van der Waals surface area contributed by atoms with Gasteiger partial charge in [0.05, 0.1) is 5.71 Å². The van der Waals surface area contributed by atoms with Gasteiger partial charge in [-0.15, -0.1) is 0 Å². The van der Waals surface area contributed by atoms with Crippen LogP contribution in [0.15, 0.2) is 16.8 Å². The average molecular weight is 141 g/mol. The Hall–Kier alpha value is -0.790. The number of oxime groups is 1. The summed E-state index contributed by atoms with van der Waals surface area (Å²) >= 11 is 0. The van der Waals surface area contributed by atoms with Crippen molar-refractivity contribution in [2.24, 2.45) is 5.16 Å². The highest BCUT2D eigenvalue weighted by Crippen LogP contribution is 1.88. The summed E-state index contributed by atoms with van der Waals surface area (Å²) in [6.45, 7) is 8.45. The van der Waals surface area contributed by atoms with Gasteiger partial charge in [0.1, 0.15) is 6.61 Å². The van der Waals surface area contributed by atoms with Gasteiger partial charge in [-0.05, 0) is 33.8 Å². The van der Waals surface area contributed by atoms with Crippen LogP contribution in [0.1, 0.15) is 27.7 Å². The lowest BCUT2D eigenvalue weighted by Crippen LogP contribution is -1.87. The number of nitrogens with zero attached hydrogens (tertiary/aromatic N) is 1. The molecule has 10 heavy (non-hydrogen) atoms. The summed E-state index contributed by atoms with van der Waals surface area (Å²) in [5.74, 6) is 0. The molecule has 0 spiro atoms. The van der Waals surface area contributed by atoms with Crippen LogP contribution in [-0.4, -0.2) is 12.3 Å². The Balaban J connectivity index is 3.39. The molecule has 0 aliphatic rings. The molecule has 0 bridgehead atoms. The van der Waals surface area contributed by atoms with E-state index in [0.29, 0.717) is 6.61 Å². The Morgan fingerprint density at radius 2 is 1.90 bits per heavy atom. The Morgan fingerprint density at radius 3 is 2.30 bits per heavy atom. The Labute approximate surface area is 62.6 Å². The SMILES string of the molecule is CC(C)=CCON=C(C)C. The van der Waals surface area contributed by atoms with E-state index in [1.54, 1.807) is 0 Å². The molecule has 0 rings (SSSR count). The highest BCUT2D eigenvalue weighted by Gasteiger charge is 1.79. The minimum atomic E-state index is 0.577. The zero-order valence-electron chi connectivity index (χ0n) is 7.14. The lowest BCUT2D eigenvalue weighted by Gasteiger charge is -1.94. The van der Waals surface area contributed by atoms with Gasteiger partial charge in [0.25, 0.3) is 0 Å². The fourth-order valence-corrected chi connectivity index (χ4v) is 0.370. The molecule has 0 N–H and O–H groups in total. The van der Waals surface area contributed by atoms with Crippen molar-refractivity contribution in [2.75, 3.05) is 6.61 Å². The first-order valence-electron chi connectivity index (χ1n) is 3.39. The minimum Gasteiger partial charge on any atom is -0.392 e. The molecular formula is C8H15NO. The van der Waals surface area contributed by atoms with E-state index in [-0.39, 0.29) is 0 Å². The van der Waals surface area contributed by atoms with Crippen LogP contribution in [0, 0.1) is 0 Å². The van der Waals surface area contributed by atoms with Crippen molar-refractivity contribution in [2.45, 2.75) is 27.7 Å². The zero-order chi connectivity index (χ0) is 7.98. The van der Waals surface area contributed by atoms with Gasteiger partial charge < -0.3 is 4.84 Å². The van der Waals surface area contributed by atoms with Gasteiger partial charge >= 0.3 is 0 Å². The molecule has 0 aromatic heterocycles. The molecule has 0 radical (unpaired) electrons. The van der Waals surface area contributed by atoms with Crippen molar-refractivity contribution in [1.82, 2.24) is 0 Å². The molecule has 0 unspecified atom stereocenters. The highest BCUT2D eigenvalue weighted by molar-refractivity contribution is 5.78. The fourth-order valence-electron chi connectivity index (χ4n) is 0.370. The van der Waals surface area contributed by atoms with Crippen molar-refractivity contribution >= 4 is 5.71 Å². The Kier molecular flexibility index (Phi) is 4.63. The van der Waals surface area contributed by atoms with Crippen molar-refractivity contribution in [3.8, 4) is 0 Å².